The molecule has 7 heteroatoms. The average Bonchev–Trinajstić information content (AvgIpc) is 2.81. The summed E-state index contributed by atoms with van der Waals surface area (Å²) in [6.07, 6.45) is 0.580. The molecule has 0 radical (unpaired) electrons. The first-order valence-electron chi connectivity index (χ1n) is 6.74. The van der Waals surface area contributed by atoms with E-state index in [1.807, 2.05) is 6.92 Å². The van der Waals surface area contributed by atoms with Gasteiger partial charge in [-0.1, -0.05) is 12.1 Å². The van der Waals surface area contributed by atoms with E-state index in [4.69, 9.17) is 4.52 Å². The third-order valence-electron chi connectivity index (χ3n) is 3.15. The number of hydrogen-bond acceptors (Lipinski definition) is 5. The van der Waals surface area contributed by atoms with Crippen LogP contribution in [0.15, 0.2) is 15.4 Å². The Labute approximate surface area is 121 Å². The minimum absolute atomic E-state index is 0.107. The molecule has 0 aromatic carbocycles. The van der Waals surface area contributed by atoms with Gasteiger partial charge in [-0.2, -0.15) is 4.98 Å². The number of nitrogens with zero attached hydrogens (tertiary/aromatic N) is 2. The number of aromatic nitrogens is 3. The van der Waals surface area contributed by atoms with E-state index >= 15 is 0 Å². The zero-order chi connectivity index (χ0) is 15.6. The van der Waals surface area contributed by atoms with Crippen LogP contribution in [0.25, 0.3) is 0 Å². The topological polar surface area (TPSA) is 101 Å². The molecule has 1 atom stereocenters. The van der Waals surface area contributed by atoms with Crippen LogP contribution in [0.5, 0.6) is 0 Å². The van der Waals surface area contributed by atoms with E-state index in [1.54, 1.807) is 26.8 Å². The summed E-state index contributed by atoms with van der Waals surface area (Å²) in [6.45, 7) is 7.09. The quantitative estimate of drug-likeness (QED) is 0.890. The molecule has 0 fully saturated rings. The third kappa shape index (κ3) is 3.18. The van der Waals surface area contributed by atoms with Gasteiger partial charge in [-0.15, -0.1) is 0 Å². The van der Waals surface area contributed by atoms with Crippen LogP contribution in [0, 0.1) is 20.8 Å². The van der Waals surface area contributed by atoms with Crippen LogP contribution in [0.4, 0.5) is 0 Å². The van der Waals surface area contributed by atoms with Crippen LogP contribution < -0.4 is 10.9 Å². The smallest absolute Gasteiger partial charge is 0.261 e. The van der Waals surface area contributed by atoms with Gasteiger partial charge in [0.15, 0.2) is 5.82 Å². The maximum absolute atomic E-state index is 12.3. The lowest BCUT2D eigenvalue weighted by molar-refractivity contribution is 0.0925. The molecule has 0 saturated heterocycles. The molecule has 112 valence electrons. The molecule has 7 nitrogen and oxygen atoms in total. The number of amides is 1. The molecule has 1 amide bonds. The Morgan fingerprint density at radius 1 is 1.43 bits per heavy atom. The van der Waals surface area contributed by atoms with Crippen LogP contribution in [-0.2, 0) is 0 Å². The highest BCUT2D eigenvalue weighted by atomic mass is 16.5. The van der Waals surface area contributed by atoms with Crippen LogP contribution in [-0.4, -0.2) is 21.0 Å². The molecule has 2 rings (SSSR count). The van der Waals surface area contributed by atoms with Crippen LogP contribution in [0.3, 0.4) is 0 Å². The van der Waals surface area contributed by atoms with Crippen molar-refractivity contribution in [2.75, 3.05) is 0 Å². The van der Waals surface area contributed by atoms with E-state index in [0.717, 1.165) is 0 Å². The van der Waals surface area contributed by atoms with Crippen molar-refractivity contribution in [2.24, 2.45) is 0 Å². The largest absolute Gasteiger partial charge is 0.340 e. The van der Waals surface area contributed by atoms with Gasteiger partial charge >= 0.3 is 0 Å². The predicted molar refractivity (Wildman–Crippen MR) is 76.1 cm³/mol. The second kappa shape index (κ2) is 5.90. The molecule has 0 aliphatic heterocycles. The highest BCUT2D eigenvalue weighted by Gasteiger charge is 2.22. The van der Waals surface area contributed by atoms with Crippen molar-refractivity contribution in [3.05, 3.63) is 45.0 Å². The van der Waals surface area contributed by atoms with Gasteiger partial charge in [-0.25, -0.2) is 0 Å². The molecule has 2 aromatic heterocycles. The number of H-pyrrole nitrogens is 1. The van der Waals surface area contributed by atoms with Gasteiger partial charge in [0, 0.05) is 5.69 Å². The minimum atomic E-state index is -0.448. The number of aryl methyl sites for hydroxylation is 3. The number of nitrogens with one attached hydrogen (secondary N) is 2. The molecule has 0 unspecified atom stereocenters. The van der Waals surface area contributed by atoms with Crippen LogP contribution in [0.2, 0.25) is 0 Å². The fourth-order valence-corrected chi connectivity index (χ4v) is 2.16. The lowest BCUT2D eigenvalue weighted by Crippen LogP contribution is -2.33. The van der Waals surface area contributed by atoms with Gasteiger partial charge in [0.2, 0.25) is 5.89 Å². The third-order valence-corrected chi connectivity index (χ3v) is 3.15. The summed E-state index contributed by atoms with van der Waals surface area (Å²) in [6, 6.07) is 1.34. The standard InChI is InChI=1S/C14H18N4O3/c1-5-10(14-16-9(4)18-21-14)17-13(20)11-7(2)6-8(3)15-12(11)19/h6,10H,5H2,1-4H3,(H,15,19)(H,17,20)/t10-/m0/s1. The fourth-order valence-electron chi connectivity index (χ4n) is 2.16. The minimum Gasteiger partial charge on any atom is -0.340 e. The maximum atomic E-state index is 12.3. The summed E-state index contributed by atoms with van der Waals surface area (Å²) in [5, 5.41) is 6.47. The molecule has 0 aliphatic carbocycles. The number of hydrogen-bond donors (Lipinski definition) is 2. The lowest BCUT2D eigenvalue weighted by atomic mass is 10.1. The van der Waals surface area contributed by atoms with Crippen molar-refractivity contribution in [3.63, 3.8) is 0 Å². The zero-order valence-electron chi connectivity index (χ0n) is 12.5. The number of aromatic amines is 1. The molecule has 2 aromatic rings. The predicted octanol–water partition coefficient (Wildman–Crippen LogP) is 1.56. The second-order valence-corrected chi connectivity index (χ2v) is 4.95. The maximum Gasteiger partial charge on any atom is 0.261 e. The summed E-state index contributed by atoms with van der Waals surface area (Å²) in [5.41, 5.74) is 1.05. The Kier molecular flexibility index (Phi) is 4.21. The van der Waals surface area contributed by atoms with E-state index in [0.29, 0.717) is 29.4 Å². The number of rotatable bonds is 4. The Balaban J connectivity index is 2.27. The van der Waals surface area contributed by atoms with Gasteiger partial charge in [0.25, 0.3) is 11.5 Å². The van der Waals surface area contributed by atoms with E-state index in [1.165, 1.54) is 0 Å². The number of carbonyl (C=O) groups excluding carboxylic acids is 1. The van der Waals surface area contributed by atoms with E-state index in [2.05, 4.69) is 20.4 Å². The highest BCUT2D eigenvalue weighted by Crippen LogP contribution is 2.15. The SMILES string of the molecule is CC[C@H](NC(=O)c1c(C)cc(C)[nH]c1=O)c1nc(C)no1. The summed E-state index contributed by atoms with van der Waals surface area (Å²) in [4.78, 5) is 31.0. The molecule has 2 N–H and O–H groups in total. The van der Waals surface area contributed by atoms with Crippen molar-refractivity contribution in [2.45, 2.75) is 40.2 Å². The first-order chi connectivity index (χ1) is 9.92. The number of pyridine rings is 1. The Morgan fingerprint density at radius 2 is 2.14 bits per heavy atom. The van der Waals surface area contributed by atoms with Crippen molar-refractivity contribution < 1.29 is 9.32 Å². The molecular weight excluding hydrogens is 272 g/mol. The van der Waals surface area contributed by atoms with Crippen LogP contribution in [0.1, 0.15) is 52.7 Å². The monoisotopic (exact) mass is 290 g/mol. The second-order valence-electron chi connectivity index (χ2n) is 4.95. The van der Waals surface area contributed by atoms with Crippen LogP contribution >= 0.6 is 0 Å². The summed E-state index contributed by atoms with van der Waals surface area (Å²) < 4.78 is 5.07. The first-order valence-corrected chi connectivity index (χ1v) is 6.74. The summed E-state index contributed by atoms with van der Waals surface area (Å²) >= 11 is 0. The van der Waals surface area contributed by atoms with Gasteiger partial charge in [0.1, 0.15) is 11.6 Å². The Bertz CT molecular complexity index is 717. The molecule has 21 heavy (non-hydrogen) atoms. The van der Waals surface area contributed by atoms with Crippen molar-refractivity contribution in [1.82, 2.24) is 20.4 Å². The first kappa shape index (κ1) is 15.0. The highest BCUT2D eigenvalue weighted by molar-refractivity contribution is 5.95. The van der Waals surface area contributed by atoms with E-state index in [-0.39, 0.29) is 5.56 Å². The normalized spacial score (nSPS) is 12.2. The van der Waals surface area contributed by atoms with Gasteiger partial charge in [0.05, 0.1) is 0 Å². The molecule has 0 bridgehead atoms. The lowest BCUT2D eigenvalue weighted by Gasteiger charge is -2.13. The van der Waals surface area contributed by atoms with Gasteiger partial charge in [-0.3, -0.25) is 9.59 Å². The number of carbonyl (C=O) groups is 1. The summed E-state index contributed by atoms with van der Waals surface area (Å²) in [5.74, 6) is 0.392. The van der Waals surface area contributed by atoms with Crippen molar-refractivity contribution >= 4 is 5.91 Å². The summed E-state index contributed by atoms with van der Waals surface area (Å²) in [7, 11) is 0. The molecule has 0 saturated carbocycles. The van der Waals surface area contributed by atoms with Gasteiger partial charge in [-0.05, 0) is 38.8 Å². The van der Waals surface area contributed by atoms with Crippen molar-refractivity contribution in [1.29, 1.82) is 0 Å². The average molecular weight is 290 g/mol. The molecule has 0 aliphatic rings. The van der Waals surface area contributed by atoms with Crippen molar-refractivity contribution in [3.8, 4) is 0 Å². The van der Waals surface area contributed by atoms with E-state index in [9.17, 15) is 9.59 Å². The zero-order valence-corrected chi connectivity index (χ0v) is 12.5. The fraction of sp³-hybridized carbons (Fsp3) is 0.429. The molecule has 0 spiro atoms. The molecular formula is C14H18N4O3. The van der Waals surface area contributed by atoms with Gasteiger partial charge < -0.3 is 14.8 Å². The molecule has 2 heterocycles. The Morgan fingerprint density at radius 3 is 2.67 bits per heavy atom. The van der Waals surface area contributed by atoms with E-state index < -0.39 is 17.5 Å². The Hall–Kier alpha value is -2.44.